The number of rotatable bonds is 6. The van der Waals surface area contributed by atoms with Crippen LogP contribution in [0.5, 0.6) is 5.75 Å². The molecule has 0 saturated heterocycles. The van der Waals surface area contributed by atoms with Crippen LogP contribution in [0.1, 0.15) is 21.7 Å². The van der Waals surface area contributed by atoms with Gasteiger partial charge in [0.25, 0.3) is 5.91 Å². The van der Waals surface area contributed by atoms with Crippen LogP contribution in [0.3, 0.4) is 0 Å². The zero-order valence-corrected chi connectivity index (χ0v) is 17.0. The molecule has 6 heteroatoms. The van der Waals surface area contributed by atoms with Gasteiger partial charge in [0.2, 0.25) is 0 Å². The number of thiazole rings is 1. The smallest absolute Gasteiger partial charge is 0.264 e. The number of anilines is 1. The molecule has 3 aromatic rings. The van der Waals surface area contributed by atoms with Crippen molar-refractivity contribution in [2.24, 2.45) is 0 Å². The SMILES string of the molecule is Cc1ccc(OCC(=O)Nc2nc(C)c(Cc3cccc(Br)c3)s2)cc1. The fraction of sp³-hybridized carbons (Fsp3) is 0.200. The number of hydrogen-bond acceptors (Lipinski definition) is 4. The number of benzene rings is 2. The van der Waals surface area contributed by atoms with Crippen LogP contribution in [0, 0.1) is 13.8 Å². The number of carbonyl (C=O) groups is 1. The summed E-state index contributed by atoms with van der Waals surface area (Å²) in [5.74, 6) is 0.463. The van der Waals surface area contributed by atoms with Crippen LogP contribution >= 0.6 is 27.3 Å². The molecular formula is C20H19BrN2O2S. The summed E-state index contributed by atoms with van der Waals surface area (Å²) >= 11 is 4.99. The Labute approximate surface area is 165 Å². The average Bonchev–Trinajstić information content (AvgIpc) is 2.93. The molecule has 0 unspecified atom stereocenters. The fourth-order valence-electron chi connectivity index (χ4n) is 2.42. The highest BCUT2D eigenvalue weighted by Gasteiger charge is 2.12. The average molecular weight is 431 g/mol. The summed E-state index contributed by atoms with van der Waals surface area (Å²) in [6.07, 6.45) is 0.790. The standard InChI is InChI=1S/C20H19BrN2O2S/c1-13-6-8-17(9-7-13)25-12-19(24)23-20-22-14(2)18(26-20)11-15-4-3-5-16(21)10-15/h3-10H,11-12H2,1-2H3,(H,22,23,24). The molecule has 0 aliphatic carbocycles. The lowest BCUT2D eigenvalue weighted by Gasteiger charge is -2.05. The lowest BCUT2D eigenvalue weighted by atomic mass is 10.1. The quantitative estimate of drug-likeness (QED) is 0.589. The molecule has 1 N–H and O–H groups in total. The molecule has 0 radical (unpaired) electrons. The van der Waals surface area contributed by atoms with Gasteiger partial charge in [-0.25, -0.2) is 4.98 Å². The van der Waals surface area contributed by atoms with Crippen LogP contribution in [0.4, 0.5) is 5.13 Å². The van der Waals surface area contributed by atoms with Crippen LogP contribution in [0.25, 0.3) is 0 Å². The van der Waals surface area contributed by atoms with Gasteiger partial charge in [-0.1, -0.05) is 45.8 Å². The highest BCUT2D eigenvalue weighted by molar-refractivity contribution is 9.10. The second-order valence-corrected chi connectivity index (χ2v) is 7.98. The zero-order chi connectivity index (χ0) is 18.5. The number of ether oxygens (including phenoxy) is 1. The number of aryl methyl sites for hydroxylation is 2. The van der Waals surface area contributed by atoms with Crippen molar-refractivity contribution in [3.63, 3.8) is 0 Å². The molecule has 0 spiro atoms. The van der Waals surface area contributed by atoms with Gasteiger partial charge in [-0.15, -0.1) is 11.3 Å². The Morgan fingerprint density at radius 3 is 2.69 bits per heavy atom. The van der Waals surface area contributed by atoms with E-state index in [1.807, 2.05) is 50.2 Å². The van der Waals surface area contributed by atoms with E-state index in [1.165, 1.54) is 16.9 Å². The van der Waals surface area contributed by atoms with Crippen LogP contribution in [0.2, 0.25) is 0 Å². The molecule has 0 bridgehead atoms. The van der Waals surface area contributed by atoms with Crippen LogP contribution in [-0.2, 0) is 11.2 Å². The molecule has 26 heavy (non-hydrogen) atoms. The normalized spacial score (nSPS) is 10.6. The Balaban J connectivity index is 1.58. The topological polar surface area (TPSA) is 51.2 Å². The number of amides is 1. The van der Waals surface area contributed by atoms with Crippen molar-refractivity contribution in [2.75, 3.05) is 11.9 Å². The summed E-state index contributed by atoms with van der Waals surface area (Å²) in [4.78, 5) is 17.7. The van der Waals surface area contributed by atoms with E-state index in [0.29, 0.717) is 10.9 Å². The maximum Gasteiger partial charge on any atom is 0.264 e. The van der Waals surface area contributed by atoms with E-state index in [-0.39, 0.29) is 12.5 Å². The number of halogens is 1. The van der Waals surface area contributed by atoms with Gasteiger partial charge >= 0.3 is 0 Å². The number of carbonyl (C=O) groups excluding carboxylic acids is 1. The Hall–Kier alpha value is -2.18. The predicted octanol–water partition coefficient (Wildman–Crippen LogP) is 5.13. The summed E-state index contributed by atoms with van der Waals surface area (Å²) in [6.45, 7) is 3.93. The fourth-order valence-corrected chi connectivity index (χ4v) is 3.88. The van der Waals surface area contributed by atoms with Gasteiger partial charge in [0.05, 0.1) is 5.69 Å². The molecule has 0 aliphatic heterocycles. The Morgan fingerprint density at radius 2 is 1.96 bits per heavy atom. The monoisotopic (exact) mass is 430 g/mol. The lowest BCUT2D eigenvalue weighted by molar-refractivity contribution is -0.118. The highest BCUT2D eigenvalue weighted by atomic mass is 79.9. The molecule has 0 atom stereocenters. The van der Waals surface area contributed by atoms with Gasteiger partial charge in [0, 0.05) is 15.8 Å². The Morgan fingerprint density at radius 1 is 1.19 bits per heavy atom. The first-order valence-corrected chi connectivity index (χ1v) is 9.80. The largest absolute Gasteiger partial charge is 0.484 e. The number of nitrogens with one attached hydrogen (secondary N) is 1. The molecule has 1 heterocycles. The summed E-state index contributed by atoms with van der Waals surface area (Å²) in [5, 5.41) is 3.42. The molecule has 134 valence electrons. The predicted molar refractivity (Wildman–Crippen MR) is 109 cm³/mol. The molecule has 1 amide bonds. The number of aromatic nitrogens is 1. The minimum absolute atomic E-state index is 0.0390. The molecule has 4 nitrogen and oxygen atoms in total. The van der Waals surface area contributed by atoms with E-state index < -0.39 is 0 Å². The minimum atomic E-state index is -0.215. The van der Waals surface area contributed by atoms with Gasteiger partial charge in [-0.3, -0.25) is 10.1 Å². The van der Waals surface area contributed by atoms with Crippen LogP contribution < -0.4 is 10.1 Å². The summed E-state index contributed by atoms with van der Waals surface area (Å²) in [5.41, 5.74) is 3.29. The molecule has 0 aliphatic rings. The summed E-state index contributed by atoms with van der Waals surface area (Å²) in [6, 6.07) is 15.8. The second-order valence-electron chi connectivity index (χ2n) is 5.98. The minimum Gasteiger partial charge on any atom is -0.484 e. The van der Waals surface area contributed by atoms with Crippen LogP contribution in [-0.4, -0.2) is 17.5 Å². The first-order chi connectivity index (χ1) is 12.5. The van der Waals surface area contributed by atoms with Crippen molar-refractivity contribution in [1.29, 1.82) is 0 Å². The van der Waals surface area contributed by atoms with Crippen molar-refractivity contribution in [2.45, 2.75) is 20.3 Å². The molecule has 0 saturated carbocycles. The summed E-state index contributed by atoms with van der Waals surface area (Å²) < 4.78 is 6.56. The van der Waals surface area contributed by atoms with Crippen molar-refractivity contribution < 1.29 is 9.53 Å². The van der Waals surface area contributed by atoms with Crippen molar-refractivity contribution in [3.05, 3.63) is 74.7 Å². The molecule has 2 aromatic carbocycles. The van der Waals surface area contributed by atoms with E-state index >= 15 is 0 Å². The number of nitrogens with zero attached hydrogens (tertiary/aromatic N) is 1. The maximum absolute atomic E-state index is 12.1. The first-order valence-electron chi connectivity index (χ1n) is 8.19. The van der Waals surface area contributed by atoms with E-state index in [2.05, 4.69) is 38.4 Å². The summed E-state index contributed by atoms with van der Waals surface area (Å²) in [7, 11) is 0. The van der Waals surface area contributed by atoms with Gasteiger partial charge in [-0.05, 0) is 43.7 Å². The van der Waals surface area contributed by atoms with Crippen LogP contribution in [0.15, 0.2) is 53.0 Å². The van der Waals surface area contributed by atoms with E-state index in [9.17, 15) is 4.79 Å². The molecule has 1 aromatic heterocycles. The highest BCUT2D eigenvalue weighted by Crippen LogP contribution is 2.26. The first kappa shape index (κ1) is 18.6. The molecular weight excluding hydrogens is 412 g/mol. The van der Waals surface area contributed by atoms with E-state index in [1.54, 1.807) is 0 Å². The van der Waals surface area contributed by atoms with Crippen molar-refractivity contribution >= 4 is 38.3 Å². The molecule has 3 rings (SSSR count). The third-order valence-corrected chi connectivity index (χ3v) is 5.35. The maximum atomic E-state index is 12.1. The van der Waals surface area contributed by atoms with Gasteiger partial charge in [-0.2, -0.15) is 0 Å². The van der Waals surface area contributed by atoms with Crippen molar-refractivity contribution in [1.82, 2.24) is 4.98 Å². The van der Waals surface area contributed by atoms with E-state index in [0.717, 1.165) is 27.0 Å². The Bertz CT molecular complexity index is 906. The Kier molecular flexibility index (Phi) is 6.06. The van der Waals surface area contributed by atoms with Crippen molar-refractivity contribution in [3.8, 4) is 5.75 Å². The third kappa shape index (κ3) is 5.16. The third-order valence-electron chi connectivity index (χ3n) is 3.78. The molecule has 0 fully saturated rings. The second kappa shape index (κ2) is 8.47. The van der Waals surface area contributed by atoms with E-state index in [4.69, 9.17) is 4.74 Å². The zero-order valence-electron chi connectivity index (χ0n) is 14.6. The van der Waals surface area contributed by atoms with Gasteiger partial charge in [0.15, 0.2) is 11.7 Å². The number of hydrogen-bond donors (Lipinski definition) is 1. The van der Waals surface area contributed by atoms with Gasteiger partial charge in [0.1, 0.15) is 5.75 Å². The lowest BCUT2D eigenvalue weighted by Crippen LogP contribution is -2.20. The van der Waals surface area contributed by atoms with Gasteiger partial charge < -0.3 is 4.74 Å².